The van der Waals surface area contributed by atoms with Crippen LogP contribution < -0.4 is 5.32 Å². The fraction of sp³-hybridized carbons (Fsp3) is 0.364. The van der Waals surface area contributed by atoms with Crippen molar-refractivity contribution in [3.8, 4) is 0 Å². The van der Waals surface area contributed by atoms with Gasteiger partial charge in [-0.15, -0.1) is 0 Å². The molecule has 0 aliphatic heterocycles. The van der Waals surface area contributed by atoms with Gasteiger partial charge in [0.2, 0.25) is 0 Å². The van der Waals surface area contributed by atoms with Crippen LogP contribution in [0.15, 0.2) is 54.4 Å². The number of hydrogen-bond acceptors (Lipinski definition) is 4. The Morgan fingerprint density at radius 3 is 2.50 bits per heavy atom. The summed E-state index contributed by atoms with van der Waals surface area (Å²) in [6.45, 7) is 4.13. The monoisotopic (exact) mass is 350 g/mol. The van der Waals surface area contributed by atoms with E-state index < -0.39 is 0 Å². The zero-order valence-corrected chi connectivity index (χ0v) is 15.5. The van der Waals surface area contributed by atoms with Gasteiger partial charge in [-0.05, 0) is 61.8 Å². The normalized spacial score (nSPS) is 14.2. The van der Waals surface area contributed by atoms with E-state index in [4.69, 9.17) is 4.74 Å². The maximum absolute atomic E-state index is 11.8. The van der Waals surface area contributed by atoms with E-state index in [1.807, 2.05) is 26.1 Å². The second kappa shape index (κ2) is 8.65. The zero-order valence-electron chi connectivity index (χ0n) is 15.5. The molecule has 1 N–H and O–H groups in total. The number of esters is 1. The number of hydrogen-bond donors (Lipinski definition) is 1. The second-order valence-corrected chi connectivity index (χ2v) is 6.67. The summed E-state index contributed by atoms with van der Waals surface area (Å²) in [7, 11) is 0. The first-order valence-corrected chi connectivity index (χ1v) is 9.34. The summed E-state index contributed by atoms with van der Waals surface area (Å²) in [4.78, 5) is 16.4. The number of aromatic nitrogens is 1. The molecule has 0 unspecified atom stereocenters. The molecule has 1 aromatic carbocycles. The lowest BCUT2D eigenvalue weighted by Crippen LogP contribution is -2.09. The van der Waals surface area contributed by atoms with Crippen LogP contribution in [0.4, 0.5) is 5.69 Å². The summed E-state index contributed by atoms with van der Waals surface area (Å²) in [5.74, 6) is 0.363. The lowest BCUT2D eigenvalue weighted by molar-refractivity contribution is -0.138. The van der Waals surface area contributed by atoms with E-state index in [9.17, 15) is 4.79 Å². The van der Waals surface area contributed by atoms with Crippen molar-refractivity contribution in [2.75, 3.05) is 11.9 Å². The van der Waals surface area contributed by atoms with Crippen LogP contribution in [0.25, 0.3) is 0 Å². The largest absolute Gasteiger partial charge is 0.463 e. The number of benzene rings is 1. The average molecular weight is 350 g/mol. The topological polar surface area (TPSA) is 51.2 Å². The fourth-order valence-electron chi connectivity index (χ4n) is 3.42. The third-order valence-electron chi connectivity index (χ3n) is 4.79. The Balaban J connectivity index is 1.56. The molecule has 0 amide bonds. The number of carbonyl (C=O) groups is 1. The molecule has 0 fully saturated rings. The minimum atomic E-state index is -0.270. The van der Waals surface area contributed by atoms with Crippen LogP contribution in [0.3, 0.4) is 0 Å². The number of fused-ring (bicyclic) bond motifs is 1. The third-order valence-corrected chi connectivity index (χ3v) is 4.79. The smallest absolute Gasteiger partial charge is 0.335 e. The van der Waals surface area contributed by atoms with Gasteiger partial charge in [0, 0.05) is 11.9 Å². The number of anilines is 1. The van der Waals surface area contributed by atoms with Crippen LogP contribution in [-0.2, 0) is 28.8 Å². The molecule has 2 aromatic rings. The highest BCUT2D eigenvalue weighted by molar-refractivity contribution is 5.88. The van der Waals surface area contributed by atoms with Gasteiger partial charge in [0.15, 0.2) is 0 Å². The molecule has 136 valence electrons. The van der Waals surface area contributed by atoms with Gasteiger partial charge in [-0.3, -0.25) is 4.98 Å². The molecule has 1 aromatic heterocycles. The Labute approximate surface area is 155 Å². The summed E-state index contributed by atoms with van der Waals surface area (Å²) >= 11 is 0. The van der Waals surface area contributed by atoms with E-state index in [-0.39, 0.29) is 5.97 Å². The predicted molar refractivity (Wildman–Crippen MR) is 104 cm³/mol. The zero-order chi connectivity index (χ0) is 18.4. The van der Waals surface area contributed by atoms with Gasteiger partial charge in [-0.2, -0.15) is 0 Å². The lowest BCUT2D eigenvalue weighted by Gasteiger charge is -2.09. The minimum absolute atomic E-state index is 0.270. The van der Waals surface area contributed by atoms with Gasteiger partial charge < -0.3 is 10.1 Å². The van der Waals surface area contributed by atoms with E-state index in [0.29, 0.717) is 24.5 Å². The highest BCUT2D eigenvalue weighted by Gasteiger charge is 2.21. The van der Waals surface area contributed by atoms with Crippen molar-refractivity contribution >= 4 is 11.7 Å². The molecule has 1 heterocycles. The Kier molecular flexibility index (Phi) is 6.05. The highest BCUT2D eigenvalue weighted by Crippen LogP contribution is 2.28. The van der Waals surface area contributed by atoms with Crippen LogP contribution in [0, 0.1) is 5.92 Å². The summed E-state index contributed by atoms with van der Waals surface area (Å²) in [5.41, 5.74) is 5.57. The van der Waals surface area contributed by atoms with Crippen molar-refractivity contribution in [2.24, 2.45) is 5.92 Å². The highest BCUT2D eigenvalue weighted by atomic mass is 16.5. The predicted octanol–water partition coefficient (Wildman–Crippen LogP) is 4.31. The first-order valence-electron chi connectivity index (χ1n) is 9.34. The van der Waals surface area contributed by atoms with Gasteiger partial charge in [0.05, 0.1) is 24.1 Å². The summed E-state index contributed by atoms with van der Waals surface area (Å²) in [6, 6.07) is 12.8. The Bertz CT molecular complexity index is 756. The number of nitrogens with zero attached hydrogens (tertiary/aromatic N) is 1. The summed E-state index contributed by atoms with van der Waals surface area (Å²) in [5, 5.41) is 3.14. The van der Waals surface area contributed by atoms with Gasteiger partial charge in [-0.25, -0.2) is 4.79 Å². The van der Waals surface area contributed by atoms with Crippen molar-refractivity contribution in [3.63, 3.8) is 0 Å². The standard InChI is InChI=1S/C22H26N2O2/c1-3-17(22(25)26-4-2)14-23-21-10-9-20(24-15-21)13-16-11-18-7-5-6-8-19(18)12-16/h5-10,14-16,23H,3-4,11-13H2,1-2H3/b17-14+. The number of rotatable bonds is 7. The van der Waals surface area contributed by atoms with Crippen LogP contribution in [0.1, 0.15) is 37.1 Å². The molecule has 4 heteroatoms. The lowest BCUT2D eigenvalue weighted by atomic mass is 10.00. The van der Waals surface area contributed by atoms with E-state index >= 15 is 0 Å². The van der Waals surface area contributed by atoms with Crippen LogP contribution in [0.5, 0.6) is 0 Å². The first kappa shape index (κ1) is 18.2. The number of ether oxygens (including phenoxy) is 1. The molecule has 0 saturated carbocycles. The molecular weight excluding hydrogens is 324 g/mol. The Hall–Kier alpha value is -2.62. The molecule has 3 rings (SSSR count). The maximum atomic E-state index is 11.8. The van der Waals surface area contributed by atoms with Crippen molar-refractivity contribution in [2.45, 2.75) is 39.5 Å². The van der Waals surface area contributed by atoms with Gasteiger partial charge in [-0.1, -0.05) is 31.2 Å². The minimum Gasteiger partial charge on any atom is -0.463 e. The summed E-state index contributed by atoms with van der Waals surface area (Å²) in [6.07, 6.45) is 7.43. The fourth-order valence-corrected chi connectivity index (χ4v) is 3.42. The first-order chi connectivity index (χ1) is 12.7. The SMILES string of the molecule is CCOC(=O)/C(=C/Nc1ccc(CC2Cc3ccccc3C2)nc1)CC. The molecule has 1 aliphatic carbocycles. The molecule has 0 saturated heterocycles. The van der Waals surface area contributed by atoms with Crippen molar-refractivity contribution in [1.29, 1.82) is 0 Å². The molecule has 4 nitrogen and oxygen atoms in total. The average Bonchev–Trinajstić information content (AvgIpc) is 3.06. The van der Waals surface area contributed by atoms with E-state index in [2.05, 4.69) is 40.6 Å². The Morgan fingerprint density at radius 1 is 1.19 bits per heavy atom. The molecule has 26 heavy (non-hydrogen) atoms. The molecule has 0 radical (unpaired) electrons. The number of nitrogens with one attached hydrogen (secondary N) is 1. The van der Waals surface area contributed by atoms with Gasteiger partial charge >= 0.3 is 5.97 Å². The van der Waals surface area contributed by atoms with Crippen molar-refractivity contribution < 1.29 is 9.53 Å². The van der Waals surface area contributed by atoms with E-state index in [0.717, 1.165) is 30.6 Å². The Morgan fingerprint density at radius 2 is 1.92 bits per heavy atom. The van der Waals surface area contributed by atoms with Crippen molar-refractivity contribution in [1.82, 2.24) is 4.98 Å². The summed E-state index contributed by atoms with van der Waals surface area (Å²) < 4.78 is 5.04. The van der Waals surface area contributed by atoms with E-state index in [1.54, 1.807) is 6.20 Å². The quantitative estimate of drug-likeness (QED) is 0.597. The molecular formula is C22H26N2O2. The van der Waals surface area contributed by atoms with Crippen LogP contribution in [0.2, 0.25) is 0 Å². The van der Waals surface area contributed by atoms with Gasteiger partial charge in [0.1, 0.15) is 0 Å². The van der Waals surface area contributed by atoms with Gasteiger partial charge in [0.25, 0.3) is 0 Å². The van der Waals surface area contributed by atoms with Crippen molar-refractivity contribution in [3.05, 3.63) is 71.2 Å². The molecule has 1 aliphatic rings. The number of pyridine rings is 1. The second-order valence-electron chi connectivity index (χ2n) is 6.67. The number of carbonyl (C=O) groups excluding carboxylic acids is 1. The molecule has 0 atom stereocenters. The third kappa shape index (κ3) is 4.51. The van der Waals surface area contributed by atoms with Crippen LogP contribution in [-0.4, -0.2) is 17.6 Å². The van der Waals surface area contributed by atoms with E-state index in [1.165, 1.54) is 11.1 Å². The molecule has 0 spiro atoms. The van der Waals surface area contributed by atoms with Crippen LogP contribution >= 0.6 is 0 Å². The molecule has 0 bridgehead atoms. The maximum Gasteiger partial charge on any atom is 0.335 e.